The molecule has 1 N–H and O–H groups in total. The van der Waals surface area contributed by atoms with Crippen LogP contribution in [-0.2, 0) is 7.05 Å². The van der Waals surface area contributed by atoms with Gasteiger partial charge in [0.15, 0.2) is 5.52 Å². The number of imidazole rings is 2. The minimum absolute atomic E-state index is 0.00605. The van der Waals surface area contributed by atoms with E-state index in [4.69, 9.17) is 0 Å². The van der Waals surface area contributed by atoms with Gasteiger partial charge in [0.2, 0.25) is 0 Å². The van der Waals surface area contributed by atoms with Gasteiger partial charge in [0.1, 0.15) is 12.4 Å². The van der Waals surface area contributed by atoms with Crippen LogP contribution in [-0.4, -0.2) is 19.5 Å². The molecule has 0 saturated carbocycles. The molecular formula is C11H10N5O2+. The first kappa shape index (κ1) is 10.5. The largest absolute Gasteiger partial charge is 0.304 e. The summed E-state index contributed by atoms with van der Waals surface area (Å²) in [5.41, 5.74) is 1.02. The molecule has 1 aromatic carbocycles. The number of rotatable bonds is 2. The topological polar surface area (TPSA) is 80.6 Å². The Hall–Kier alpha value is -2.70. The zero-order chi connectivity index (χ0) is 12.7. The van der Waals surface area contributed by atoms with Crippen LogP contribution in [0.1, 0.15) is 0 Å². The molecule has 3 rings (SSSR count). The predicted octanol–water partition coefficient (Wildman–Crippen LogP) is 1.09. The summed E-state index contributed by atoms with van der Waals surface area (Å²) in [5.74, 6) is 0.555. The molecule has 3 aromatic rings. The van der Waals surface area contributed by atoms with Crippen molar-refractivity contribution in [3.05, 3.63) is 47.0 Å². The quantitative estimate of drug-likeness (QED) is 0.416. The van der Waals surface area contributed by atoms with E-state index in [2.05, 4.69) is 9.97 Å². The molecule has 2 aromatic heterocycles. The van der Waals surface area contributed by atoms with Crippen LogP contribution >= 0.6 is 0 Å². The highest BCUT2D eigenvalue weighted by Crippen LogP contribution is 2.23. The first-order valence-electron chi connectivity index (χ1n) is 5.32. The van der Waals surface area contributed by atoms with Crippen molar-refractivity contribution < 1.29 is 9.49 Å². The molecule has 0 aliphatic rings. The molecule has 7 heteroatoms. The Bertz CT molecular complexity index is 743. The second kappa shape index (κ2) is 3.66. The Morgan fingerprint density at radius 1 is 1.50 bits per heavy atom. The van der Waals surface area contributed by atoms with Gasteiger partial charge < -0.3 is 4.98 Å². The van der Waals surface area contributed by atoms with Crippen molar-refractivity contribution in [1.29, 1.82) is 0 Å². The summed E-state index contributed by atoms with van der Waals surface area (Å²) >= 11 is 0. The van der Waals surface area contributed by atoms with Crippen LogP contribution in [0.2, 0.25) is 0 Å². The van der Waals surface area contributed by atoms with Gasteiger partial charge in [0.25, 0.3) is 12.0 Å². The van der Waals surface area contributed by atoms with E-state index >= 15 is 0 Å². The fraction of sp³-hybridized carbons (Fsp3) is 0.0909. The van der Waals surface area contributed by atoms with Crippen LogP contribution in [0.3, 0.4) is 0 Å². The fourth-order valence-electron chi connectivity index (χ4n) is 1.85. The van der Waals surface area contributed by atoms with Gasteiger partial charge in [-0.15, -0.1) is 0 Å². The van der Waals surface area contributed by atoms with E-state index in [1.54, 1.807) is 16.7 Å². The molecule has 18 heavy (non-hydrogen) atoms. The molecule has 7 nitrogen and oxygen atoms in total. The molecule has 0 unspecified atom stereocenters. The molecule has 0 aliphatic carbocycles. The highest BCUT2D eigenvalue weighted by molar-refractivity contribution is 5.85. The lowest BCUT2D eigenvalue weighted by Gasteiger charge is -1.89. The normalized spacial score (nSPS) is 10.9. The summed E-state index contributed by atoms with van der Waals surface area (Å²) in [7, 11) is 1.89. The molecule has 0 bridgehead atoms. The Balaban J connectivity index is 2.22. The standard InChI is InChI=1S/C11H10N5O2/c1-14-5-6-15(7-14)11-12-8-3-2-4-9(16(17)18)10(8)13-11/h2-7H,1H3,(H,12,13)/q+1. The molecule has 0 atom stereocenters. The van der Waals surface area contributed by atoms with Gasteiger partial charge in [-0.1, -0.05) is 6.07 Å². The number of aromatic amines is 1. The molecule has 2 heterocycles. The maximum Gasteiger partial charge on any atom is 0.304 e. The molecule has 0 spiro atoms. The van der Waals surface area contributed by atoms with E-state index in [0.717, 1.165) is 0 Å². The van der Waals surface area contributed by atoms with E-state index < -0.39 is 4.92 Å². The van der Waals surface area contributed by atoms with Crippen molar-refractivity contribution in [3.8, 4) is 5.95 Å². The van der Waals surface area contributed by atoms with Crippen molar-refractivity contribution >= 4 is 16.7 Å². The third kappa shape index (κ3) is 1.53. The van der Waals surface area contributed by atoms with Crippen LogP contribution in [0.15, 0.2) is 36.9 Å². The van der Waals surface area contributed by atoms with Crippen molar-refractivity contribution in [2.24, 2.45) is 7.05 Å². The SMILES string of the molecule is C[n+]1ccn(-c2nc3c([N+](=O)[O-])cccc3[nH]2)c1. The number of hydrogen-bond donors (Lipinski definition) is 1. The van der Waals surface area contributed by atoms with Gasteiger partial charge in [0, 0.05) is 6.07 Å². The first-order chi connectivity index (χ1) is 8.65. The number of non-ortho nitro benzene ring substituents is 1. The van der Waals surface area contributed by atoms with E-state index in [9.17, 15) is 10.1 Å². The average Bonchev–Trinajstić information content (AvgIpc) is 2.93. The van der Waals surface area contributed by atoms with Gasteiger partial charge in [-0.05, 0) is 6.07 Å². The number of benzene rings is 1. The summed E-state index contributed by atoms with van der Waals surface area (Å²) in [5, 5.41) is 10.9. The van der Waals surface area contributed by atoms with Crippen molar-refractivity contribution in [1.82, 2.24) is 14.5 Å². The number of nitrogens with zero attached hydrogens (tertiary/aromatic N) is 4. The fourth-order valence-corrected chi connectivity index (χ4v) is 1.85. The summed E-state index contributed by atoms with van der Waals surface area (Å²) in [6.07, 6.45) is 5.51. The Kier molecular flexibility index (Phi) is 2.12. The third-order valence-corrected chi connectivity index (χ3v) is 2.69. The highest BCUT2D eigenvalue weighted by Gasteiger charge is 2.18. The maximum atomic E-state index is 10.9. The second-order valence-corrected chi connectivity index (χ2v) is 3.98. The summed E-state index contributed by atoms with van der Waals surface area (Å²) < 4.78 is 3.63. The number of nitro benzene ring substituents is 1. The molecular weight excluding hydrogens is 234 g/mol. The van der Waals surface area contributed by atoms with Gasteiger partial charge in [-0.25, -0.2) is 4.57 Å². The minimum Gasteiger partial charge on any atom is -0.303 e. The Morgan fingerprint density at radius 2 is 2.33 bits per heavy atom. The Morgan fingerprint density at radius 3 is 3.00 bits per heavy atom. The van der Waals surface area contributed by atoms with Gasteiger partial charge in [0.05, 0.1) is 17.5 Å². The smallest absolute Gasteiger partial charge is 0.303 e. The summed E-state index contributed by atoms with van der Waals surface area (Å²) in [6, 6.07) is 4.85. The number of nitro groups is 1. The molecule has 0 saturated heterocycles. The van der Waals surface area contributed by atoms with E-state index in [1.165, 1.54) is 6.07 Å². The molecule has 0 fully saturated rings. The maximum absolute atomic E-state index is 10.9. The Labute approximate surface area is 101 Å². The summed E-state index contributed by atoms with van der Waals surface area (Å²) in [4.78, 5) is 17.8. The number of H-pyrrole nitrogens is 1. The van der Waals surface area contributed by atoms with E-state index in [0.29, 0.717) is 17.0 Å². The number of fused-ring (bicyclic) bond motifs is 1. The minimum atomic E-state index is -0.428. The second-order valence-electron chi connectivity index (χ2n) is 3.98. The number of aromatic nitrogens is 4. The predicted molar refractivity (Wildman–Crippen MR) is 63.3 cm³/mol. The van der Waals surface area contributed by atoms with Gasteiger partial charge >= 0.3 is 5.95 Å². The van der Waals surface area contributed by atoms with Gasteiger partial charge in [-0.3, -0.25) is 10.1 Å². The van der Waals surface area contributed by atoms with Gasteiger partial charge in [-0.2, -0.15) is 9.55 Å². The number of para-hydroxylation sites is 1. The average molecular weight is 244 g/mol. The first-order valence-corrected chi connectivity index (χ1v) is 5.32. The van der Waals surface area contributed by atoms with Crippen molar-refractivity contribution in [2.45, 2.75) is 0 Å². The van der Waals surface area contributed by atoms with Crippen LogP contribution in [0.5, 0.6) is 0 Å². The molecule has 0 aliphatic heterocycles. The van der Waals surface area contributed by atoms with Crippen LogP contribution in [0.4, 0.5) is 5.69 Å². The summed E-state index contributed by atoms with van der Waals surface area (Å²) in [6.45, 7) is 0. The monoisotopic (exact) mass is 244 g/mol. The van der Waals surface area contributed by atoms with E-state index in [-0.39, 0.29) is 5.69 Å². The van der Waals surface area contributed by atoms with Crippen LogP contribution < -0.4 is 4.57 Å². The zero-order valence-corrected chi connectivity index (χ0v) is 9.57. The molecule has 0 radical (unpaired) electrons. The molecule has 0 amide bonds. The lowest BCUT2D eigenvalue weighted by molar-refractivity contribution is -0.670. The van der Waals surface area contributed by atoms with Crippen molar-refractivity contribution in [3.63, 3.8) is 0 Å². The lowest BCUT2D eigenvalue weighted by Crippen LogP contribution is -2.23. The zero-order valence-electron chi connectivity index (χ0n) is 9.57. The third-order valence-electron chi connectivity index (χ3n) is 2.69. The highest BCUT2D eigenvalue weighted by atomic mass is 16.6. The van der Waals surface area contributed by atoms with Crippen LogP contribution in [0, 0.1) is 10.1 Å². The van der Waals surface area contributed by atoms with E-state index in [1.807, 2.05) is 30.3 Å². The number of nitrogens with one attached hydrogen (secondary N) is 1. The lowest BCUT2D eigenvalue weighted by atomic mass is 10.3. The van der Waals surface area contributed by atoms with Crippen molar-refractivity contribution in [2.75, 3.05) is 0 Å². The van der Waals surface area contributed by atoms with Crippen LogP contribution in [0.25, 0.3) is 17.0 Å². The molecule has 90 valence electrons. The number of hydrogen-bond acceptors (Lipinski definition) is 3. The number of aryl methyl sites for hydroxylation is 1.